The largest absolute Gasteiger partial charge is 0.389 e. The highest BCUT2D eigenvalue weighted by atomic mass is 16.3. The van der Waals surface area contributed by atoms with Gasteiger partial charge in [0.2, 0.25) is 0 Å². The fourth-order valence-electron chi connectivity index (χ4n) is 4.20. The lowest BCUT2D eigenvalue weighted by Crippen LogP contribution is -2.60. The number of β-amino-alcohol motifs (C(OH)–C–C–N with tert-alkyl or cyclic N) is 1. The number of nitrogens with zero attached hydrogens (tertiary/aromatic N) is 4. The van der Waals surface area contributed by atoms with Crippen LogP contribution in [0.15, 0.2) is 60.9 Å². The second-order valence-electron chi connectivity index (χ2n) is 7.10. The first-order chi connectivity index (χ1) is 12.6. The minimum absolute atomic E-state index is 0.388. The van der Waals surface area contributed by atoms with Gasteiger partial charge in [-0.1, -0.05) is 30.3 Å². The van der Waals surface area contributed by atoms with Crippen molar-refractivity contribution in [1.82, 2.24) is 14.9 Å². The van der Waals surface area contributed by atoms with Crippen LogP contribution in [0.1, 0.15) is 12.0 Å². The number of aromatic nitrogens is 2. The van der Waals surface area contributed by atoms with Crippen molar-refractivity contribution in [3.8, 4) is 0 Å². The number of aliphatic hydroxyl groups is 1. The molecule has 0 amide bonds. The van der Waals surface area contributed by atoms with Gasteiger partial charge in [-0.2, -0.15) is 0 Å². The summed E-state index contributed by atoms with van der Waals surface area (Å²) in [6, 6.07) is 16.2. The second kappa shape index (κ2) is 6.67. The summed E-state index contributed by atoms with van der Waals surface area (Å²) >= 11 is 0. The molecule has 0 spiro atoms. The zero-order valence-corrected chi connectivity index (χ0v) is 15.2. The molecule has 1 aromatic carbocycles. The summed E-state index contributed by atoms with van der Waals surface area (Å²) < 4.78 is 0. The number of hydrogen-bond acceptors (Lipinski definition) is 5. The Kier molecular flexibility index (Phi) is 4.34. The molecule has 5 nitrogen and oxygen atoms in total. The van der Waals surface area contributed by atoms with E-state index in [1.807, 2.05) is 50.5 Å². The highest BCUT2D eigenvalue weighted by Crippen LogP contribution is 2.39. The molecule has 0 saturated carbocycles. The Morgan fingerprint density at radius 1 is 1.04 bits per heavy atom. The maximum absolute atomic E-state index is 11.2. The molecule has 5 heteroatoms. The molecule has 3 aromatic rings. The summed E-state index contributed by atoms with van der Waals surface area (Å²) in [5, 5.41) is 12.2. The molecule has 134 valence electrons. The molecule has 0 radical (unpaired) electrons. The molecule has 2 aromatic heterocycles. The smallest absolute Gasteiger partial charge is 0.138 e. The topological polar surface area (TPSA) is 52.5 Å². The highest BCUT2D eigenvalue weighted by molar-refractivity contribution is 5.89. The third kappa shape index (κ3) is 2.64. The standard InChI is InChI=1S/C21H24N4O/c1-24(2)21(16-7-4-3-5-8-16)11-14-25(15-19(21)26)20-17-9-6-12-22-18(17)10-13-23-20/h3-10,12-13,19,26H,11,14-15H2,1-2H3/t19-,21+/m1/s1. The number of benzene rings is 1. The van der Waals surface area contributed by atoms with Gasteiger partial charge in [0.1, 0.15) is 5.82 Å². The zero-order valence-electron chi connectivity index (χ0n) is 15.2. The number of fused-ring (bicyclic) bond motifs is 1. The molecule has 4 rings (SSSR count). The van der Waals surface area contributed by atoms with Gasteiger partial charge in [-0.05, 0) is 44.3 Å². The molecule has 1 saturated heterocycles. The van der Waals surface area contributed by atoms with Gasteiger partial charge in [0.05, 0.1) is 17.2 Å². The van der Waals surface area contributed by atoms with Gasteiger partial charge in [0.25, 0.3) is 0 Å². The average Bonchev–Trinajstić information content (AvgIpc) is 2.68. The number of rotatable bonds is 3. The molecular weight excluding hydrogens is 324 g/mol. The molecule has 1 fully saturated rings. The van der Waals surface area contributed by atoms with Crippen LogP contribution in [-0.4, -0.2) is 53.3 Å². The van der Waals surface area contributed by atoms with Crippen molar-refractivity contribution in [2.45, 2.75) is 18.1 Å². The van der Waals surface area contributed by atoms with Crippen LogP contribution in [0.4, 0.5) is 5.82 Å². The summed E-state index contributed by atoms with van der Waals surface area (Å²) in [5.41, 5.74) is 1.70. The normalized spacial score (nSPS) is 23.5. The summed E-state index contributed by atoms with van der Waals surface area (Å²) in [7, 11) is 4.10. The van der Waals surface area contributed by atoms with Crippen molar-refractivity contribution >= 4 is 16.7 Å². The SMILES string of the molecule is CN(C)[C@]1(c2ccccc2)CCN(c2nccc3ncccc23)C[C@H]1O. The minimum Gasteiger partial charge on any atom is -0.389 e. The van der Waals surface area contributed by atoms with Crippen LogP contribution >= 0.6 is 0 Å². The van der Waals surface area contributed by atoms with Gasteiger partial charge in [-0.15, -0.1) is 0 Å². The molecule has 1 N–H and O–H groups in total. The van der Waals surface area contributed by atoms with Crippen LogP contribution in [0, 0.1) is 0 Å². The fraction of sp³-hybridized carbons (Fsp3) is 0.333. The van der Waals surface area contributed by atoms with E-state index in [0.717, 1.165) is 35.2 Å². The van der Waals surface area contributed by atoms with Gasteiger partial charge in [0, 0.05) is 30.9 Å². The van der Waals surface area contributed by atoms with Crippen LogP contribution in [0.25, 0.3) is 10.9 Å². The Hall–Kier alpha value is -2.50. The number of anilines is 1. The molecular formula is C21H24N4O. The summed E-state index contributed by atoms with van der Waals surface area (Å²) in [5.74, 6) is 0.898. The molecule has 3 heterocycles. The quantitative estimate of drug-likeness (QED) is 0.789. The first kappa shape index (κ1) is 16.9. The van der Waals surface area contributed by atoms with Gasteiger partial charge in [0.15, 0.2) is 0 Å². The van der Waals surface area contributed by atoms with Crippen molar-refractivity contribution in [2.75, 3.05) is 32.1 Å². The first-order valence-electron chi connectivity index (χ1n) is 8.98. The summed E-state index contributed by atoms with van der Waals surface area (Å²) in [6.45, 7) is 1.36. The number of hydrogen-bond donors (Lipinski definition) is 1. The maximum Gasteiger partial charge on any atom is 0.138 e. The molecule has 26 heavy (non-hydrogen) atoms. The summed E-state index contributed by atoms with van der Waals surface area (Å²) in [4.78, 5) is 13.3. The number of aliphatic hydroxyl groups excluding tert-OH is 1. The zero-order chi connectivity index (χ0) is 18.1. The molecule has 0 unspecified atom stereocenters. The Morgan fingerprint density at radius 2 is 1.85 bits per heavy atom. The van der Waals surface area contributed by atoms with E-state index >= 15 is 0 Å². The molecule has 0 bridgehead atoms. The second-order valence-corrected chi connectivity index (χ2v) is 7.10. The molecule has 1 aliphatic rings. The highest BCUT2D eigenvalue weighted by Gasteiger charge is 2.45. The molecule has 2 atom stereocenters. The van der Waals surface area contributed by atoms with E-state index in [0.29, 0.717) is 6.54 Å². The van der Waals surface area contributed by atoms with Crippen LogP contribution in [-0.2, 0) is 5.54 Å². The van der Waals surface area contributed by atoms with E-state index in [9.17, 15) is 5.11 Å². The predicted octanol–water partition coefficient (Wildman–Crippen LogP) is 2.66. The lowest BCUT2D eigenvalue weighted by atomic mass is 9.77. The average molecular weight is 348 g/mol. The number of pyridine rings is 2. The van der Waals surface area contributed by atoms with Crippen LogP contribution < -0.4 is 4.90 Å². The third-order valence-electron chi connectivity index (χ3n) is 5.59. The lowest BCUT2D eigenvalue weighted by Gasteiger charge is -2.50. The van der Waals surface area contributed by atoms with Crippen molar-refractivity contribution in [2.24, 2.45) is 0 Å². The summed E-state index contributed by atoms with van der Waals surface area (Å²) in [6.07, 6.45) is 3.89. The number of piperidine rings is 1. The van der Waals surface area contributed by atoms with Crippen LogP contribution in [0.2, 0.25) is 0 Å². The monoisotopic (exact) mass is 348 g/mol. The van der Waals surface area contributed by atoms with E-state index in [1.165, 1.54) is 0 Å². The Bertz CT molecular complexity index is 893. The number of likely N-dealkylation sites (N-methyl/N-ethyl adjacent to an activating group) is 1. The van der Waals surface area contributed by atoms with Crippen LogP contribution in [0.5, 0.6) is 0 Å². The lowest BCUT2D eigenvalue weighted by molar-refractivity contribution is -0.0246. The Labute approximate surface area is 153 Å². The first-order valence-corrected chi connectivity index (χ1v) is 8.98. The maximum atomic E-state index is 11.2. The predicted molar refractivity (Wildman–Crippen MR) is 104 cm³/mol. The van der Waals surface area contributed by atoms with E-state index in [-0.39, 0.29) is 5.54 Å². The van der Waals surface area contributed by atoms with Gasteiger partial charge >= 0.3 is 0 Å². The Balaban J connectivity index is 1.70. The molecule has 0 aliphatic carbocycles. The van der Waals surface area contributed by atoms with E-state index < -0.39 is 6.10 Å². The van der Waals surface area contributed by atoms with E-state index in [1.54, 1.807) is 12.4 Å². The molecule has 1 aliphatic heterocycles. The van der Waals surface area contributed by atoms with Crippen molar-refractivity contribution in [1.29, 1.82) is 0 Å². The fourth-order valence-corrected chi connectivity index (χ4v) is 4.20. The minimum atomic E-state index is -0.526. The van der Waals surface area contributed by atoms with Gasteiger partial charge in [-0.25, -0.2) is 4.98 Å². The van der Waals surface area contributed by atoms with Gasteiger partial charge in [-0.3, -0.25) is 9.88 Å². The van der Waals surface area contributed by atoms with Crippen molar-refractivity contribution < 1.29 is 5.11 Å². The van der Waals surface area contributed by atoms with Gasteiger partial charge < -0.3 is 10.0 Å². The third-order valence-corrected chi connectivity index (χ3v) is 5.59. The van der Waals surface area contributed by atoms with Crippen molar-refractivity contribution in [3.63, 3.8) is 0 Å². The van der Waals surface area contributed by atoms with E-state index in [2.05, 4.69) is 31.9 Å². The Morgan fingerprint density at radius 3 is 2.58 bits per heavy atom. The van der Waals surface area contributed by atoms with Crippen LogP contribution in [0.3, 0.4) is 0 Å². The van der Waals surface area contributed by atoms with Crippen molar-refractivity contribution in [3.05, 3.63) is 66.5 Å². The van der Waals surface area contributed by atoms with E-state index in [4.69, 9.17) is 0 Å².